The van der Waals surface area contributed by atoms with Gasteiger partial charge in [0.25, 0.3) is 0 Å². The van der Waals surface area contributed by atoms with Crippen LogP contribution in [0.2, 0.25) is 0 Å². The molecule has 0 bridgehead atoms. The Balaban J connectivity index is 2.19. The van der Waals surface area contributed by atoms with Gasteiger partial charge in [-0.05, 0) is 30.4 Å². The number of rotatable bonds is 2. The zero-order valence-corrected chi connectivity index (χ0v) is 6.26. The summed E-state index contributed by atoms with van der Waals surface area (Å²) in [6.45, 7) is -0.453. The minimum atomic E-state index is -0.453. The Labute approximate surface area is 65.3 Å². The van der Waals surface area contributed by atoms with E-state index >= 15 is 0 Å². The van der Waals surface area contributed by atoms with Gasteiger partial charge in [-0.2, -0.15) is 0 Å². The summed E-state index contributed by atoms with van der Waals surface area (Å²) in [5.41, 5.74) is 1.80. The van der Waals surface area contributed by atoms with Crippen LogP contribution in [0.25, 0.3) is 0 Å². The summed E-state index contributed by atoms with van der Waals surface area (Å²) < 4.78 is 12.0. The third kappa shape index (κ3) is 1.39. The molecule has 1 saturated carbocycles. The van der Waals surface area contributed by atoms with Crippen LogP contribution in [0, 0.1) is 0 Å². The monoisotopic (exact) mass is 151 g/mol. The highest BCUT2D eigenvalue weighted by molar-refractivity contribution is 5.21. The number of aromatic nitrogens is 1. The number of pyridine rings is 1. The van der Waals surface area contributed by atoms with Crippen molar-refractivity contribution >= 4 is 0 Å². The molecule has 0 aliphatic heterocycles. The summed E-state index contributed by atoms with van der Waals surface area (Å²) in [7, 11) is 0. The van der Waals surface area contributed by atoms with Gasteiger partial charge in [0.15, 0.2) is 0 Å². The molecule has 0 aromatic carbocycles. The van der Waals surface area contributed by atoms with Crippen molar-refractivity contribution in [2.75, 3.05) is 0 Å². The minimum absolute atomic E-state index is 0.453. The van der Waals surface area contributed by atoms with Crippen LogP contribution in [0.3, 0.4) is 0 Å². The second-order valence-electron chi connectivity index (χ2n) is 2.99. The van der Waals surface area contributed by atoms with Gasteiger partial charge in [-0.3, -0.25) is 4.98 Å². The Bertz CT molecular complexity index is 238. The van der Waals surface area contributed by atoms with Gasteiger partial charge in [0.05, 0.1) is 5.69 Å². The molecule has 1 aliphatic rings. The molecule has 58 valence electrons. The summed E-state index contributed by atoms with van der Waals surface area (Å²) in [4.78, 5) is 3.98. The molecule has 1 aromatic heterocycles. The van der Waals surface area contributed by atoms with Crippen LogP contribution in [0.4, 0.5) is 4.39 Å². The quantitative estimate of drug-likeness (QED) is 0.632. The van der Waals surface area contributed by atoms with Crippen LogP contribution < -0.4 is 0 Å². The zero-order valence-electron chi connectivity index (χ0n) is 6.26. The molecule has 1 fully saturated rings. The first-order valence-electron chi connectivity index (χ1n) is 3.91. The highest BCUT2D eigenvalue weighted by Gasteiger charge is 2.23. The summed E-state index contributed by atoms with van der Waals surface area (Å²) in [6, 6.07) is 3.76. The van der Waals surface area contributed by atoms with Crippen molar-refractivity contribution in [3.63, 3.8) is 0 Å². The molecular formula is C9H10FN. The van der Waals surface area contributed by atoms with E-state index in [1.54, 1.807) is 12.3 Å². The Hall–Kier alpha value is -0.920. The van der Waals surface area contributed by atoms with Crippen molar-refractivity contribution < 1.29 is 4.39 Å². The van der Waals surface area contributed by atoms with E-state index in [4.69, 9.17) is 0 Å². The highest BCUT2D eigenvalue weighted by Crippen LogP contribution is 2.39. The van der Waals surface area contributed by atoms with Gasteiger partial charge in [-0.25, -0.2) is 4.39 Å². The van der Waals surface area contributed by atoms with E-state index in [1.807, 2.05) is 6.07 Å². The number of hydrogen-bond acceptors (Lipinski definition) is 1. The van der Waals surface area contributed by atoms with E-state index in [1.165, 1.54) is 18.4 Å². The average Bonchev–Trinajstić information content (AvgIpc) is 2.87. The first-order valence-corrected chi connectivity index (χ1v) is 3.91. The van der Waals surface area contributed by atoms with Crippen LogP contribution in [-0.4, -0.2) is 4.98 Å². The molecule has 0 N–H and O–H groups in total. The summed E-state index contributed by atoms with van der Waals surface area (Å²) in [5, 5.41) is 0. The molecule has 11 heavy (non-hydrogen) atoms. The van der Waals surface area contributed by atoms with Gasteiger partial charge < -0.3 is 0 Å². The molecule has 1 aromatic rings. The van der Waals surface area contributed by atoms with Crippen LogP contribution in [0.1, 0.15) is 30.0 Å². The Kier molecular flexibility index (Phi) is 1.60. The van der Waals surface area contributed by atoms with Gasteiger partial charge in [0.2, 0.25) is 0 Å². The zero-order chi connectivity index (χ0) is 7.68. The molecule has 2 rings (SSSR count). The fourth-order valence-corrected chi connectivity index (χ4v) is 1.17. The summed E-state index contributed by atoms with van der Waals surface area (Å²) in [6.07, 6.45) is 4.35. The van der Waals surface area contributed by atoms with E-state index in [0.717, 1.165) is 5.92 Å². The lowest BCUT2D eigenvalue weighted by Gasteiger charge is -1.96. The first kappa shape index (κ1) is 6.77. The molecule has 0 saturated heterocycles. The third-order valence-electron chi connectivity index (χ3n) is 2.03. The third-order valence-corrected chi connectivity index (χ3v) is 2.03. The van der Waals surface area contributed by atoms with Crippen molar-refractivity contribution in [3.8, 4) is 0 Å². The van der Waals surface area contributed by atoms with Crippen molar-refractivity contribution in [1.82, 2.24) is 4.98 Å². The largest absolute Gasteiger partial charge is 0.258 e. The summed E-state index contributed by atoms with van der Waals surface area (Å²) in [5.74, 6) is 0.719. The molecule has 1 aliphatic carbocycles. The van der Waals surface area contributed by atoms with Crippen molar-refractivity contribution in [2.24, 2.45) is 0 Å². The highest BCUT2D eigenvalue weighted by atomic mass is 19.1. The number of alkyl halides is 1. The van der Waals surface area contributed by atoms with E-state index < -0.39 is 6.67 Å². The standard InChI is InChI=1S/C9H10FN/c10-5-9-4-3-8(6-11-9)7-1-2-7/h3-4,6-7H,1-2,5H2. The van der Waals surface area contributed by atoms with E-state index in [9.17, 15) is 4.39 Å². The summed E-state index contributed by atoms with van der Waals surface area (Å²) >= 11 is 0. The van der Waals surface area contributed by atoms with Gasteiger partial charge in [0.1, 0.15) is 6.67 Å². The molecule has 0 spiro atoms. The van der Waals surface area contributed by atoms with E-state index in [-0.39, 0.29) is 0 Å². The fourth-order valence-electron chi connectivity index (χ4n) is 1.17. The minimum Gasteiger partial charge on any atom is -0.258 e. The van der Waals surface area contributed by atoms with E-state index in [2.05, 4.69) is 4.98 Å². The predicted octanol–water partition coefficient (Wildman–Crippen LogP) is 2.43. The smallest absolute Gasteiger partial charge is 0.131 e. The molecule has 0 unspecified atom stereocenters. The lowest BCUT2D eigenvalue weighted by molar-refractivity contribution is 0.476. The molecule has 0 amide bonds. The lowest BCUT2D eigenvalue weighted by atomic mass is 10.2. The van der Waals surface area contributed by atoms with Crippen LogP contribution in [-0.2, 0) is 6.67 Å². The van der Waals surface area contributed by atoms with Gasteiger partial charge in [-0.1, -0.05) is 6.07 Å². The maximum Gasteiger partial charge on any atom is 0.131 e. The van der Waals surface area contributed by atoms with Crippen molar-refractivity contribution in [1.29, 1.82) is 0 Å². The second-order valence-corrected chi connectivity index (χ2v) is 2.99. The Morgan fingerprint density at radius 2 is 2.27 bits per heavy atom. The average molecular weight is 151 g/mol. The van der Waals surface area contributed by atoms with Crippen molar-refractivity contribution in [2.45, 2.75) is 25.4 Å². The maximum absolute atomic E-state index is 12.0. The number of nitrogens with zero attached hydrogens (tertiary/aromatic N) is 1. The molecule has 2 heteroatoms. The molecule has 0 radical (unpaired) electrons. The molecule has 0 atom stereocenters. The topological polar surface area (TPSA) is 12.9 Å². The molecule has 1 nitrogen and oxygen atoms in total. The van der Waals surface area contributed by atoms with Crippen LogP contribution in [0.5, 0.6) is 0 Å². The SMILES string of the molecule is FCc1ccc(C2CC2)cn1. The van der Waals surface area contributed by atoms with Crippen molar-refractivity contribution in [3.05, 3.63) is 29.6 Å². The molecule has 1 heterocycles. The van der Waals surface area contributed by atoms with Gasteiger partial charge >= 0.3 is 0 Å². The van der Waals surface area contributed by atoms with E-state index in [0.29, 0.717) is 5.69 Å². The van der Waals surface area contributed by atoms with Crippen LogP contribution >= 0.6 is 0 Å². The number of halogens is 1. The first-order chi connectivity index (χ1) is 5.40. The number of hydrogen-bond donors (Lipinski definition) is 0. The fraction of sp³-hybridized carbons (Fsp3) is 0.444. The Morgan fingerprint density at radius 1 is 1.45 bits per heavy atom. The van der Waals surface area contributed by atoms with Crippen LogP contribution in [0.15, 0.2) is 18.3 Å². The van der Waals surface area contributed by atoms with Gasteiger partial charge in [0, 0.05) is 6.20 Å². The normalized spacial score (nSPS) is 16.8. The Morgan fingerprint density at radius 3 is 2.73 bits per heavy atom. The maximum atomic E-state index is 12.0. The lowest BCUT2D eigenvalue weighted by Crippen LogP contribution is -1.87. The van der Waals surface area contributed by atoms with Gasteiger partial charge in [-0.15, -0.1) is 0 Å². The predicted molar refractivity (Wildman–Crippen MR) is 41.0 cm³/mol. The molecular weight excluding hydrogens is 141 g/mol. The second kappa shape index (κ2) is 2.61.